The fraction of sp³-hybridized carbons (Fsp3) is 0.333. The number of aldehydes is 1. The first-order valence-electron chi connectivity index (χ1n) is 5.05. The molecule has 0 bridgehead atoms. The summed E-state index contributed by atoms with van der Waals surface area (Å²) in [5.41, 5.74) is 1.68. The third-order valence-corrected chi connectivity index (χ3v) is 2.28. The fourth-order valence-corrected chi connectivity index (χ4v) is 1.42. The van der Waals surface area contributed by atoms with E-state index in [4.69, 9.17) is 0 Å². The van der Waals surface area contributed by atoms with Crippen LogP contribution in [0.25, 0.3) is 0 Å². The quantitative estimate of drug-likeness (QED) is 0.511. The molecule has 0 saturated heterocycles. The molecule has 0 aliphatic rings. The first-order valence-corrected chi connectivity index (χ1v) is 5.05. The molecule has 16 heavy (non-hydrogen) atoms. The van der Waals surface area contributed by atoms with Crippen molar-refractivity contribution in [3.63, 3.8) is 0 Å². The number of carbonyl (C=O) groups is 2. The van der Waals surface area contributed by atoms with Crippen LogP contribution in [0.1, 0.15) is 15.9 Å². The fourth-order valence-electron chi connectivity index (χ4n) is 1.42. The van der Waals surface area contributed by atoms with Gasteiger partial charge in [0.1, 0.15) is 12.9 Å². The van der Waals surface area contributed by atoms with Gasteiger partial charge in [0.25, 0.3) is 6.47 Å². The van der Waals surface area contributed by atoms with Crippen LogP contribution in [-0.2, 0) is 16.1 Å². The first-order chi connectivity index (χ1) is 7.77. The van der Waals surface area contributed by atoms with Gasteiger partial charge in [-0.15, -0.1) is 0 Å². The molecule has 86 valence electrons. The molecule has 0 amide bonds. The Morgan fingerprint density at radius 1 is 1.31 bits per heavy atom. The summed E-state index contributed by atoms with van der Waals surface area (Å²) in [4.78, 5) is 22.7. The number of ether oxygens (including phenoxy) is 1. The average Bonchev–Trinajstić information content (AvgIpc) is 2.30. The Morgan fingerprint density at radius 2 is 2.06 bits per heavy atom. The van der Waals surface area contributed by atoms with Gasteiger partial charge in [-0.3, -0.25) is 14.5 Å². The molecule has 4 heteroatoms. The van der Waals surface area contributed by atoms with Gasteiger partial charge in [-0.05, 0) is 12.6 Å². The van der Waals surface area contributed by atoms with Crippen molar-refractivity contribution in [2.45, 2.75) is 6.54 Å². The third kappa shape index (κ3) is 3.82. The van der Waals surface area contributed by atoms with Gasteiger partial charge in [-0.1, -0.05) is 24.3 Å². The molecule has 1 rings (SSSR count). The largest absolute Gasteiger partial charge is 0.467 e. The smallest absolute Gasteiger partial charge is 0.293 e. The minimum absolute atomic E-state index is 0.364. The molecular formula is C12H15NO3. The van der Waals surface area contributed by atoms with Crippen molar-refractivity contribution in [2.75, 3.05) is 20.2 Å². The van der Waals surface area contributed by atoms with E-state index in [2.05, 4.69) is 4.74 Å². The van der Waals surface area contributed by atoms with Crippen LogP contribution in [0.15, 0.2) is 24.3 Å². The van der Waals surface area contributed by atoms with Crippen LogP contribution in [0, 0.1) is 0 Å². The Morgan fingerprint density at radius 3 is 2.75 bits per heavy atom. The molecular weight excluding hydrogens is 206 g/mol. The number of hydrogen-bond acceptors (Lipinski definition) is 4. The van der Waals surface area contributed by atoms with E-state index in [0.717, 1.165) is 11.8 Å². The van der Waals surface area contributed by atoms with Crippen LogP contribution < -0.4 is 0 Å². The number of rotatable bonds is 7. The van der Waals surface area contributed by atoms with Crippen molar-refractivity contribution in [3.05, 3.63) is 35.4 Å². The van der Waals surface area contributed by atoms with Gasteiger partial charge in [-0.25, -0.2) is 0 Å². The zero-order valence-corrected chi connectivity index (χ0v) is 9.26. The summed E-state index contributed by atoms with van der Waals surface area (Å²) in [7, 11) is 1.91. The van der Waals surface area contributed by atoms with Crippen molar-refractivity contribution in [2.24, 2.45) is 0 Å². The lowest BCUT2D eigenvalue weighted by Crippen LogP contribution is -2.23. The van der Waals surface area contributed by atoms with Gasteiger partial charge in [0, 0.05) is 18.7 Å². The highest BCUT2D eigenvalue weighted by atomic mass is 16.5. The molecule has 0 aliphatic carbocycles. The predicted molar refractivity (Wildman–Crippen MR) is 60.2 cm³/mol. The van der Waals surface area contributed by atoms with E-state index in [1.165, 1.54) is 0 Å². The molecule has 1 aromatic carbocycles. The molecule has 0 N–H and O–H groups in total. The number of benzene rings is 1. The summed E-state index contributed by atoms with van der Waals surface area (Å²) < 4.78 is 4.61. The number of nitrogens with zero attached hydrogens (tertiary/aromatic N) is 1. The summed E-state index contributed by atoms with van der Waals surface area (Å²) in [6, 6.07) is 7.44. The van der Waals surface area contributed by atoms with E-state index >= 15 is 0 Å². The standard InChI is InChI=1S/C12H15NO3/c1-13(6-7-16-10-15)8-11-4-2-3-5-12(11)9-14/h2-5,9-10H,6-8H2,1H3. The maximum Gasteiger partial charge on any atom is 0.293 e. The van der Waals surface area contributed by atoms with Gasteiger partial charge in [0.15, 0.2) is 0 Å². The maximum absolute atomic E-state index is 10.8. The van der Waals surface area contributed by atoms with Gasteiger partial charge in [0.2, 0.25) is 0 Å². The summed E-state index contributed by atoms with van der Waals surface area (Å²) in [5, 5.41) is 0. The lowest BCUT2D eigenvalue weighted by Gasteiger charge is -2.16. The number of hydrogen-bond donors (Lipinski definition) is 0. The molecule has 0 fully saturated rings. The molecule has 0 aromatic heterocycles. The molecule has 0 unspecified atom stereocenters. The van der Waals surface area contributed by atoms with Crippen LogP contribution >= 0.6 is 0 Å². The highest BCUT2D eigenvalue weighted by Crippen LogP contribution is 2.08. The summed E-state index contributed by atoms with van der Waals surface area (Å²) in [6.45, 7) is 2.11. The first kappa shape index (κ1) is 12.4. The molecule has 0 spiro atoms. The Balaban J connectivity index is 2.51. The molecule has 4 nitrogen and oxygen atoms in total. The highest BCUT2D eigenvalue weighted by molar-refractivity contribution is 5.77. The molecule has 0 saturated carbocycles. The van der Waals surface area contributed by atoms with Crippen molar-refractivity contribution < 1.29 is 14.3 Å². The Labute approximate surface area is 94.8 Å². The van der Waals surface area contributed by atoms with Crippen molar-refractivity contribution >= 4 is 12.8 Å². The van der Waals surface area contributed by atoms with Gasteiger partial charge in [0.05, 0.1) is 0 Å². The highest BCUT2D eigenvalue weighted by Gasteiger charge is 2.04. The minimum atomic E-state index is 0.364. The van der Waals surface area contributed by atoms with Crippen LogP contribution in [0.5, 0.6) is 0 Å². The zero-order valence-electron chi connectivity index (χ0n) is 9.26. The predicted octanol–water partition coefficient (Wildman–Crippen LogP) is 1.10. The minimum Gasteiger partial charge on any atom is -0.467 e. The van der Waals surface area contributed by atoms with Crippen LogP contribution in [0.3, 0.4) is 0 Å². The SMILES string of the molecule is CN(CCOC=O)Cc1ccccc1C=O. The molecule has 1 aromatic rings. The molecule has 0 radical (unpaired) electrons. The third-order valence-electron chi connectivity index (χ3n) is 2.28. The molecule has 0 aliphatic heterocycles. The van der Waals surface area contributed by atoms with E-state index in [-0.39, 0.29) is 0 Å². The van der Waals surface area contributed by atoms with Gasteiger partial charge < -0.3 is 4.74 Å². The van der Waals surface area contributed by atoms with E-state index < -0.39 is 0 Å². The normalized spacial score (nSPS) is 10.1. The van der Waals surface area contributed by atoms with Crippen LogP contribution in [-0.4, -0.2) is 37.9 Å². The molecule has 0 atom stereocenters. The van der Waals surface area contributed by atoms with E-state index in [0.29, 0.717) is 31.7 Å². The zero-order chi connectivity index (χ0) is 11.8. The van der Waals surface area contributed by atoms with Crippen LogP contribution in [0.4, 0.5) is 0 Å². The Kier molecular flexibility index (Phi) is 5.22. The van der Waals surface area contributed by atoms with Crippen molar-refractivity contribution in [3.8, 4) is 0 Å². The Hall–Kier alpha value is -1.68. The second-order valence-electron chi connectivity index (χ2n) is 3.52. The topological polar surface area (TPSA) is 46.6 Å². The van der Waals surface area contributed by atoms with Gasteiger partial charge in [-0.2, -0.15) is 0 Å². The lowest BCUT2D eigenvalue weighted by molar-refractivity contribution is -0.129. The monoisotopic (exact) mass is 221 g/mol. The second kappa shape index (κ2) is 6.74. The van der Waals surface area contributed by atoms with E-state index in [9.17, 15) is 9.59 Å². The average molecular weight is 221 g/mol. The van der Waals surface area contributed by atoms with Gasteiger partial charge >= 0.3 is 0 Å². The Bertz CT molecular complexity index is 352. The summed E-state index contributed by atoms with van der Waals surface area (Å²) in [6.07, 6.45) is 0.852. The summed E-state index contributed by atoms with van der Waals surface area (Å²) >= 11 is 0. The van der Waals surface area contributed by atoms with Crippen molar-refractivity contribution in [1.82, 2.24) is 4.90 Å². The maximum atomic E-state index is 10.8. The van der Waals surface area contributed by atoms with Crippen molar-refractivity contribution in [1.29, 1.82) is 0 Å². The van der Waals surface area contributed by atoms with E-state index in [1.54, 1.807) is 6.07 Å². The van der Waals surface area contributed by atoms with E-state index in [1.807, 2.05) is 30.1 Å². The number of carbonyl (C=O) groups excluding carboxylic acids is 2. The molecule has 0 heterocycles. The van der Waals surface area contributed by atoms with Crippen LogP contribution in [0.2, 0.25) is 0 Å². The number of likely N-dealkylation sites (N-methyl/N-ethyl adjacent to an activating group) is 1. The lowest BCUT2D eigenvalue weighted by atomic mass is 10.1. The second-order valence-corrected chi connectivity index (χ2v) is 3.52. The summed E-state index contributed by atoms with van der Waals surface area (Å²) in [5.74, 6) is 0.